The maximum absolute atomic E-state index is 12.3. The molecule has 0 aliphatic heterocycles. The molecule has 6 heteroatoms. The van der Waals surface area contributed by atoms with E-state index >= 15 is 0 Å². The number of benzene rings is 1. The number of rotatable bonds is 5. The largest absolute Gasteiger partial charge is 0.463 e. The molecule has 1 aromatic rings. The van der Waals surface area contributed by atoms with Crippen LogP contribution >= 0.6 is 0 Å². The zero-order chi connectivity index (χ0) is 14.5. The normalized spacial score (nSPS) is 10.9. The van der Waals surface area contributed by atoms with Crippen molar-refractivity contribution in [1.29, 1.82) is 0 Å². The fraction of sp³-hybridized carbons (Fsp3) is 0.308. The van der Waals surface area contributed by atoms with Crippen LogP contribution in [0, 0.1) is 0 Å². The lowest BCUT2D eigenvalue weighted by molar-refractivity contribution is -0.138. The van der Waals surface area contributed by atoms with Gasteiger partial charge >= 0.3 is 12.1 Å². The van der Waals surface area contributed by atoms with Crippen LogP contribution < -0.4 is 5.32 Å². The maximum atomic E-state index is 12.3. The molecule has 0 atom stereocenters. The molecule has 0 bridgehead atoms. The number of ether oxygens (including phenoxy) is 1. The number of carbonyl (C=O) groups is 1. The van der Waals surface area contributed by atoms with E-state index in [9.17, 15) is 18.0 Å². The number of alkyl halides is 3. The van der Waals surface area contributed by atoms with Gasteiger partial charge in [0.15, 0.2) is 0 Å². The molecule has 0 unspecified atom stereocenters. The molecule has 0 aliphatic rings. The van der Waals surface area contributed by atoms with Crippen LogP contribution in [0.2, 0.25) is 0 Å². The van der Waals surface area contributed by atoms with Crippen molar-refractivity contribution in [2.45, 2.75) is 13.1 Å². The van der Waals surface area contributed by atoms with Crippen LogP contribution in [-0.4, -0.2) is 19.1 Å². The summed E-state index contributed by atoms with van der Waals surface area (Å²) >= 11 is 0. The van der Waals surface area contributed by atoms with Gasteiger partial charge in [0.25, 0.3) is 0 Å². The van der Waals surface area contributed by atoms with E-state index in [4.69, 9.17) is 4.74 Å². The van der Waals surface area contributed by atoms with Crippen LogP contribution in [0.15, 0.2) is 36.4 Å². The Morgan fingerprint density at radius 2 is 1.89 bits per heavy atom. The molecule has 0 radical (unpaired) electrons. The molecular weight excluding hydrogens is 259 g/mol. The van der Waals surface area contributed by atoms with Gasteiger partial charge in [-0.1, -0.05) is 6.58 Å². The first-order valence-electron chi connectivity index (χ1n) is 5.60. The van der Waals surface area contributed by atoms with Crippen LogP contribution in [0.5, 0.6) is 0 Å². The molecule has 3 nitrogen and oxygen atoms in total. The van der Waals surface area contributed by atoms with Gasteiger partial charge in [0.2, 0.25) is 0 Å². The molecule has 0 amide bonds. The summed E-state index contributed by atoms with van der Waals surface area (Å²) < 4.78 is 41.7. The summed E-state index contributed by atoms with van der Waals surface area (Å²) in [5, 5.41) is 2.79. The van der Waals surface area contributed by atoms with Crippen molar-refractivity contribution in [2.24, 2.45) is 0 Å². The summed E-state index contributed by atoms with van der Waals surface area (Å²) in [4.78, 5) is 11.2. The predicted molar refractivity (Wildman–Crippen MR) is 65.7 cm³/mol. The summed E-state index contributed by atoms with van der Waals surface area (Å²) in [5.41, 5.74) is -0.0394. The number of hydrogen-bond acceptors (Lipinski definition) is 3. The predicted octanol–water partition coefficient (Wildman–Crippen LogP) is 3.24. The third kappa shape index (κ3) is 4.65. The van der Waals surface area contributed by atoms with Gasteiger partial charge < -0.3 is 10.1 Å². The Balaban J connectivity index is 2.55. The van der Waals surface area contributed by atoms with E-state index in [0.29, 0.717) is 5.69 Å². The topological polar surface area (TPSA) is 38.3 Å². The Morgan fingerprint density at radius 1 is 1.32 bits per heavy atom. The first-order chi connectivity index (χ1) is 8.84. The molecule has 0 aliphatic carbocycles. The molecule has 1 rings (SSSR count). The first-order valence-corrected chi connectivity index (χ1v) is 5.60. The Kier molecular flexibility index (Phi) is 4.97. The zero-order valence-electron chi connectivity index (χ0n) is 10.4. The molecule has 0 spiro atoms. The van der Waals surface area contributed by atoms with E-state index in [2.05, 4.69) is 11.9 Å². The molecular formula is C13H14F3NO2. The minimum absolute atomic E-state index is 0.115. The van der Waals surface area contributed by atoms with Gasteiger partial charge in [-0.25, -0.2) is 4.79 Å². The Bertz CT molecular complexity index is 452. The highest BCUT2D eigenvalue weighted by Crippen LogP contribution is 2.29. The molecule has 1 aromatic carbocycles. The van der Waals surface area contributed by atoms with Crippen LogP contribution in [0.1, 0.15) is 12.5 Å². The van der Waals surface area contributed by atoms with Crippen molar-refractivity contribution in [2.75, 3.05) is 18.5 Å². The molecule has 0 heterocycles. The highest BCUT2D eigenvalue weighted by Gasteiger charge is 2.29. The molecule has 0 saturated carbocycles. The average molecular weight is 273 g/mol. The van der Waals surface area contributed by atoms with Crippen molar-refractivity contribution in [3.63, 3.8) is 0 Å². The number of carbonyl (C=O) groups excluding carboxylic acids is 1. The number of nitrogens with one attached hydrogen (secondary N) is 1. The number of hydrogen-bond donors (Lipinski definition) is 1. The Hall–Kier alpha value is -1.98. The Morgan fingerprint density at radius 3 is 2.37 bits per heavy atom. The van der Waals surface area contributed by atoms with E-state index in [1.807, 2.05) is 0 Å². The number of halogens is 3. The summed E-state index contributed by atoms with van der Waals surface area (Å²) in [6, 6.07) is 4.52. The molecule has 1 N–H and O–H groups in total. The molecule has 104 valence electrons. The first kappa shape index (κ1) is 15.1. The smallest absolute Gasteiger partial charge is 0.416 e. The molecule has 0 saturated heterocycles. The van der Waals surface area contributed by atoms with Crippen LogP contribution in [0.25, 0.3) is 0 Å². The third-order valence-electron chi connectivity index (χ3n) is 2.28. The number of anilines is 1. The lowest BCUT2D eigenvalue weighted by atomic mass is 10.2. The van der Waals surface area contributed by atoms with Crippen molar-refractivity contribution in [1.82, 2.24) is 0 Å². The van der Waals surface area contributed by atoms with Gasteiger partial charge in [-0.15, -0.1) is 0 Å². The standard InChI is InChI=1S/C13H14F3NO2/c1-3-19-12(18)9(2)8-17-11-6-4-10(5-7-11)13(14,15)16/h4-7,17H,2-3,8H2,1H3. The van der Waals surface area contributed by atoms with Crippen molar-refractivity contribution < 1.29 is 22.7 Å². The molecule has 19 heavy (non-hydrogen) atoms. The van der Waals surface area contributed by atoms with Crippen molar-refractivity contribution in [3.8, 4) is 0 Å². The minimum Gasteiger partial charge on any atom is -0.463 e. The summed E-state index contributed by atoms with van der Waals surface area (Å²) in [6.07, 6.45) is -4.35. The van der Waals surface area contributed by atoms with E-state index in [1.54, 1.807) is 6.92 Å². The van der Waals surface area contributed by atoms with E-state index in [-0.39, 0.29) is 18.7 Å². The van der Waals surface area contributed by atoms with Crippen LogP contribution in [0.3, 0.4) is 0 Å². The molecule has 0 aromatic heterocycles. The van der Waals surface area contributed by atoms with Crippen LogP contribution in [0.4, 0.5) is 18.9 Å². The second-order valence-corrected chi connectivity index (χ2v) is 3.75. The van der Waals surface area contributed by atoms with Gasteiger partial charge in [-0.05, 0) is 31.2 Å². The lowest BCUT2D eigenvalue weighted by Crippen LogP contribution is -2.14. The monoisotopic (exact) mass is 273 g/mol. The summed E-state index contributed by atoms with van der Waals surface area (Å²) in [5.74, 6) is -0.526. The fourth-order valence-electron chi connectivity index (χ4n) is 1.29. The van der Waals surface area contributed by atoms with Gasteiger partial charge in [0, 0.05) is 17.8 Å². The number of esters is 1. The SMILES string of the molecule is C=C(CNc1ccc(C(F)(F)F)cc1)C(=O)OCC. The van der Waals surface area contributed by atoms with Crippen molar-refractivity contribution in [3.05, 3.63) is 42.0 Å². The average Bonchev–Trinajstić information content (AvgIpc) is 2.35. The quantitative estimate of drug-likeness (QED) is 0.661. The Labute approximate surface area is 109 Å². The van der Waals surface area contributed by atoms with Gasteiger partial charge in [-0.2, -0.15) is 13.2 Å². The second-order valence-electron chi connectivity index (χ2n) is 3.75. The second kappa shape index (κ2) is 6.26. The summed E-state index contributed by atoms with van der Waals surface area (Å²) in [6.45, 7) is 5.57. The summed E-state index contributed by atoms with van der Waals surface area (Å²) in [7, 11) is 0. The zero-order valence-corrected chi connectivity index (χ0v) is 10.4. The third-order valence-corrected chi connectivity index (χ3v) is 2.28. The van der Waals surface area contributed by atoms with Crippen molar-refractivity contribution >= 4 is 11.7 Å². The maximum Gasteiger partial charge on any atom is 0.416 e. The fourth-order valence-corrected chi connectivity index (χ4v) is 1.29. The van der Waals surface area contributed by atoms with Gasteiger partial charge in [-0.3, -0.25) is 0 Å². The molecule has 0 fully saturated rings. The van der Waals surface area contributed by atoms with E-state index in [0.717, 1.165) is 12.1 Å². The lowest BCUT2D eigenvalue weighted by Gasteiger charge is -2.10. The van der Waals surface area contributed by atoms with E-state index in [1.165, 1.54) is 12.1 Å². The van der Waals surface area contributed by atoms with Gasteiger partial charge in [0.05, 0.1) is 12.2 Å². The highest BCUT2D eigenvalue weighted by atomic mass is 19.4. The van der Waals surface area contributed by atoms with Crippen LogP contribution in [-0.2, 0) is 15.7 Å². The van der Waals surface area contributed by atoms with Gasteiger partial charge in [0.1, 0.15) is 0 Å². The highest BCUT2D eigenvalue weighted by molar-refractivity contribution is 5.88. The van der Waals surface area contributed by atoms with E-state index < -0.39 is 17.7 Å². The minimum atomic E-state index is -4.35.